The average Bonchev–Trinajstić information content (AvgIpc) is 3.02. The molecular formula is C19H31N3O3. The minimum Gasteiger partial charge on any atom is -0.464 e. The summed E-state index contributed by atoms with van der Waals surface area (Å²) < 4.78 is 11.0. The normalized spacial score (nSPS) is 20.7. The zero-order valence-electron chi connectivity index (χ0n) is 15.6. The van der Waals surface area contributed by atoms with Crippen molar-refractivity contribution >= 4 is 5.91 Å². The number of amides is 1. The molecule has 2 aliphatic heterocycles. The molecule has 6 heteroatoms. The van der Waals surface area contributed by atoms with Crippen LogP contribution in [0.25, 0.3) is 0 Å². The number of hydrogen-bond acceptors (Lipinski definition) is 5. The third-order valence-electron chi connectivity index (χ3n) is 5.30. The largest absolute Gasteiger partial charge is 0.464 e. The number of rotatable bonds is 6. The number of morpholine rings is 1. The molecule has 0 N–H and O–H groups in total. The van der Waals surface area contributed by atoms with E-state index in [-0.39, 0.29) is 5.91 Å². The summed E-state index contributed by atoms with van der Waals surface area (Å²) in [4.78, 5) is 19.0. The van der Waals surface area contributed by atoms with Crippen LogP contribution in [-0.2, 0) is 16.1 Å². The van der Waals surface area contributed by atoms with Crippen molar-refractivity contribution in [1.82, 2.24) is 14.7 Å². The fourth-order valence-electron chi connectivity index (χ4n) is 3.68. The summed E-state index contributed by atoms with van der Waals surface area (Å²) in [6, 6.07) is 3.88. The van der Waals surface area contributed by atoms with E-state index in [1.165, 1.54) is 19.4 Å². The second-order valence-corrected chi connectivity index (χ2v) is 7.39. The maximum Gasteiger partial charge on any atom is 0.236 e. The number of carbonyl (C=O) groups is 1. The molecule has 0 spiro atoms. The molecule has 0 atom stereocenters. The zero-order valence-corrected chi connectivity index (χ0v) is 15.6. The molecule has 3 rings (SSSR count). The summed E-state index contributed by atoms with van der Waals surface area (Å²) in [7, 11) is 1.85. The highest BCUT2D eigenvalue weighted by atomic mass is 16.5. The van der Waals surface area contributed by atoms with E-state index >= 15 is 0 Å². The van der Waals surface area contributed by atoms with Crippen molar-refractivity contribution in [1.29, 1.82) is 0 Å². The lowest BCUT2D eigenvalue weighted by molar-refractivity contribution is -0.132. The third-order valence-corrected chi connectivity index (χ3v) is 5.30. The van der Waals surface area contributed by atoms with Gasteiger partial charge in [-0.3, -0.25) is 14.6 Å². The average molecular weight is 349 g/mol. The minimum absolute atomic E-state index is 0.167. The number of piperidine rings is 1. The Hall–Kier alpha value is -1.37. The fraction of sp³-hybridized carbons (Fsp3) is 0.737. The molecule has 0 aromatic carbocycles. The van der Waals surface area contributed by atoms with Crippen molar-refractivity contribution in [2.75, 3.05) is 59.5 Å². The monoisotopic (exact) mass is 349 g/mol. The second-order valence-electron chi connectivity index (χ2n) is 7.39. The smallest absolute Gasteiger partial charge is 0.236 e. The number of aryl methyl sites for hydroxylation is 1. The number of likely N-dealkylation sites (N-methyl/N-ethyl adjacent to an activating group) is 1. The lowest BCUT2D eigenvalue weighted by Crippen LogP contribution is -2.45. The van der Waals surface area contributed by atoms with Crippen molar-refractivity contribution in [2.45, 2.75) is 26.3 Å². The molecule has 1 amide bonds. The van der Waals surface area contributed by atoms with Gasteiger partial charge in [-0.2, -0.15) is 0 Å². The molecule has 2 saturated heterocycles. The van der Waals surface area contributed by atoms with Crippen LogP contribution in [0.5, 0.6) is 0 Å². The van der Waals surface area contributed by atoms with Crippen LogP contribution in [0, 0.1) is 12.8 Å². The van der Waals surface area contributed by atoms with Gasteiger partial charge < -0.3 is 14.1 Å². The standard InChI is InChI=1S/C19H31N3O3/c1-16-3-4-18(25-16)14-20(2)19(23)15-21-7-5-17(6-8-21)13-22-9-11-24-12-10-22/h3-4,17H,5-15H2,1-2H3. The molecule has 1 aromatic rings. The van der Waals surface area contributed by atoms with Gasteiger partial charge in [0.2, 0.25) is 5.91 Å². The van der Waals surface area contributed by atoms with Crippen LogP contribution in [0.4, 0.5) is 0 Å². The number of carbonyl (C=O) groups excluding carboxylic acids is 1. The molecule has 0 saturated carbocycles. The Balaban J connectivity index is 1.36. The molecule has 0 radical (unpaired) electrons. The van der Waals surface area contributed by atoms with E-state index in [9.17, 15) is 4.79 Å². The van der Waals surface area contributed by atoms with E-state index in [0.29, 0.717) is 13.1 Å². The van der Waals surface area contributed by atoms with Gasteiger partial charge >= 0.3 is 0 Å². The summed E-state index contributed by atoms with van der Waals surface area (Å²) in [6.45, 7) is 10.1. The van der Waals surface area contributed by atoms with Gasteiger partial charge in [0.05, 0.1) is 26.3 Å². The predicted octanol–water partition coefficient (Wildman–Crippen LogP) is 1.59. The van der Waals surface area contributed by atoms with Gasteiger partial charge in [-0.1, -0.05) is 0 Å². The van der Waals surface area contributed by atoms with Crippen molar-refractivity contribution in [3.05, 3.63) is 23.7 Å². The molecule has 0 bridgehead atoms. The van der Waals surface area contributed by atoms with E-state index in [4.69, 9.17) is 9.15 Å². The summed E-state index contributed by atoms with van der Waals surface area (Å²) in [6.07, 6.45) is 2.37. The molecular weight excluding hydrogens is 318 g/mol. The Kier molecular flexibility index (Phi) is 6.51. The molecule has 1 aromatic heterocycles. The van der Waals surface area contributed by atoms with Crippen molar-refractivity contribution in [2.24, 2.45) is 5.92 Å². The Bertz CT molecular complexity index is 546. The van der Waals surface area contributed by atoms with Crippen LogP contribution in [0.2, 0.25) is 0 Å². The van der Waals surface area contributed by atoms with Gasteiger partial charge in [0, 0.05) is 26.7 Å². The summed E-state index contributed by atoms with van der Waals surface area (Å²) in [5, 5.41) is 0. The van der Waals surface area contributed by atoms with Gasteiger partial charge in [-0.15, -0.1) is 0 Å². The first kappa shape index (κ1) is 18.4. The van der Waals surface area contributed by atoms with E-state index < -0.39 is 0 Å². The van der Waals surface area contributed by atoms with E-state index in [1.54, 1.807) is 4.90 Å². The fourth-order valence-corrected chi connectivity index (χ4v) is 3.68. The van der Waals surface area contributed by atoms with Crippen LogP contribution in [0.15, 0.2) is 16.5 Å². The Morgan fingerprint density at radius 3 is 2.52 bits per heavy atom. The van der Waals surface area contributed by atoms with Gasteiger partial charge in [0.15, 0.2) is 0 Å². The second kappa shape index (κ2) is 8.83. The molecule has 2 aliphatic rings. The molecule has 0 aliphatic carbocycles. The maximum absolute atomic E-state index is 12.4. The summed E-state index contributed by atoms with van der Waals surface area (Å²) in [5.74, 6) is 2.66. The van der Waals surface area contributed by atoms with Crippen LogP contribution in [-0.4, -0.2) is 80.1 Å². The van der Waals surface area contributed by atoms with Crippen molar-refractivity contribution in [3.63, 3.8) is 0 Å². The van der Waals surface area contributed by atoms with Crippen LogP contribution >= 0.6 is 0 Å². The molecule has 0 unspecified atom stereocenters. The highest BCUT2D eigenvalue weighted by Gasteiger charge is 2.24. The highest BCUT2D eigenvalue weighted by Crippen LogP contribution is 2.19. The Labute approximate surface area is 150 Å². The lowest BCUT2D eigenvalue weighted by atomic mass is 9.96. The molecule has 25 heavy (non-hydrogen) atoms. The number of ether oxygens (including phenoxy) is 1. The van der Waals surface area contributed by atoms with Crippen LogP contribution in [0.3, 0.4) is 0 Å². The number of furan rings is 1. The molecule has 2 fully saturated rings. The zero-order chi connectivity index (χ0) is 17.6. The number of likely N-dealkylation sites (tertiary alicyclic amines) is 1. The van der Waals surface area contributed by atoms with Crippen molar-refractivity contribution < 1.29 is 13.9 Å². The van der Waals surface area contributed by atoms with Gasteiger partial charge in [-0.25, -0.2) is 0 Å². The molecule has 140 valence electrons. The van der Waals surface area contributed by atoms with Crippen LogP contribution in [0.1, 0.15) is 24.4 Å². The van der Waals surface area contributed by atoms with E-state index in [0.717, 1.165) is 56.8 Å². The molecule has 3 heterocycles. The van der Waals surface area contributed by atoms with Crippen molar-refractivity contribution in [3.8, 4) is 0 Å². The van der Waals surface area contributed by atoms with E-state index in [1.807, 2.05) is 26.1 Å². The molecule has 6 nitrogen and oxygen atoms in total. The third kappa shape index (κ3) is 5.56. The number of hydrogen-bond donors (Lipinski definition) is 0. The topological polar surface area (TPSA) is 49.2 Å². The number of nitrogens with zero attached hydrogens (tertiary/aromatic N) is 3. The SMILES string of the molecule is Cc1ccc(CN(C)C(=O)CN2CCC(CN3CCOCC3)CC2)o1. The van der Waals surface area contributed by atoms with Crippen LogP contribution < -0.4 is 0 Å². The predicted molar refractivity (Wildman–Crippen MR) is 96.3 cm³/mol. The first-order valence-electron chi connectivity index (χ1n) is 9.42. The Morgan fingerprint density at radius 1 is 1.16 bits per heavy atom. The summed E-state index contributed by atoms with van der Waals surface area (Å²) >= 11 is 0. The van der Waals surface area contributed by atoms with Gasteiger partial charge in [-0.05, 0) is 50.9 Å². The first-order valence-corrected chi connectivity index (χ1v) is 9.42. The van der Waals surface area contributed by atoms with Gasteiger partial charge in [0.25, 0.3) is 0 Å². The summed E-state index contributed by atoms with van der Waals surface area (Å²) in [5.41, 5.74) is 0. The maximum atomic E-state index is 12.4. The van der Waals surface area contributed by atoms with E-state index in [2.05, 4.69) is 9.80 Å². The first-order chi connectivity index (χ1) is 12.1. The van der Waals surface area contributed by atoms with Gasteiger partial charge in [0.1, 0.15) is 11.5 Å². The lowest BCUT2D eigenvalue weighted by Gasteiger charge is -2.36. The Morgan fingerprint density at radius 2 is 1.88 bits per heavy atom. The quantitative estimate of drug-likeness (QED) is 0.781. The minimum atomic E-state index is 0.167. The highest BCUT2D eigenvalue weighted by molar-refractivity contribution is 5.77.